The van der Waals surface area contributed by atoms with Gasteiger partial charge >= 0.3 is 0 Å². The summed E-state index contributed by atoms with van der Waals surface area (Å²) >= 11 is 0. The Kier molecular flexibility index (Phi) is 3.92. The molecule has 0 radical (unpaired) electrons. The van der Waals surface area contributed by atoms with Crippen LogP contribution in [0.25, 0.3) is 16.9 Å². The summed E-state index contributed by atoms with van der Waals surface area (Å²) in [5.74, 6) is -0.602. The zero-order valence-electron chi connectivity index (χ0n) is 14.6. The van der Waals surface area contributed by atoms with Crippen LogP contribution in [-0.4, -0.2) is 28.0 Å². The van der Waals surface area contributed by atoms with Gasteiger partial charge in [0.15, 0.2) is 0 Å². The van der Waals surface area contributed by atoms with E-state index >= 15 is 0 Å². The molecule has 0 spiro atoms. The predicted octanol–water partition coefficient (Wildman–Crippen LogP) is 3.95. The van der Waals surface area contributed by atoms with Gasteiger partial charge in [0.05, 0.1) is 18.0 Å². The maximum Gasteiger partial charge on any atom is 0.245 e. The number of benzene rings is 2. The van der Waals surface area contributed by atoms with Gasteiger partial charge in [-0.2, -0.15) is 0 Å². The molecule has 4 rings (SSSR count). The summed E-state index contributed by atoms with van der Waals surface area (Å²) in [6.07, 6.45) is 0. The third-order valence-corrected chi connectivity index (χ3v) is 4.27. The summed E-state index contributed by atoms with van der Waals surface area (Å²) in [4.78, 5) is 25.4. The minimum Gasteiger partial charge on any atom is -0.476 e. The van der Waals surface area contributed by atoms with Gasteiger partial charge in [-0.25, -0.2) is 4.68 Å². The van der Waals surface area contributed by atoms with Gasteiger partial charge < -0.3 is 4.74 Å². The lowest BCUT2D eigenvalue weighted by atomic mass is 9.88. The molecule has 0 saturated heterocycles. The van der Waals surface area contributed by atoms with E-state index in [0.29, 0.717) is 23.4 Å². The average molecular weight is 346 g/mol. The highest BCUT2D eigenvalue weighted by Crippen LogP contribution is 2.39. The molecule has 0 fully saturated rings. The van der Waals surface area contributed by atoms with Crippen LogP contribution in [0.15, 0.2) is 54.6 Å². The number of carbonyl (C=O) groups excluding carboxylic acids is 2. The van der Waals surface area contributed by atoms with Crippen LogP contribution in [0.1, 0.15) is 34.6 Å². The Labute approximate surface area is 151 Å². The van der Waals surface area contributed by atoms with E-state index < -0.39 is 11.6 Å². The number of Topliss-reactive ketones (excluding diaryl/α,β-unsaturated/α-hetero) is 2. The number of carbonyl (C=O) groups is 2. The van der Waals surface area contributed by atoms with Crippen molar-refractivity contribution in [3.05, 3.63) is 65.7 Å². The molecule has 1 heterocycles. The van der Waals surface area contributed by atoms with Gasteiger partial charge in [-0.15, -0.1) is 5.10 Å². The van der Waals surface area contributed by atoms with Crippen molar-refractivity contribution in [2.24, 2.45) is 5.92 Å². The van der Waals surface area contributed by atoms with Crippen molar-refractivity contribution in [1.82, 2.24) is 9.78 Å². The highest BCUT2D eigenvalue weighted by Gasteiger charge is 2.37. The topological polar surface area (TPSA) is 61.2 Å². The first-order valence-corrected chi connectivity index (χ1v) is 8.57. The Morgan fingerprint density at radius 3 is 2.27 bits per heavy atom. The van der Waals surface area contributed by atoms with Crippen molar-refractivity contribution in [2.75, 3.05) is 6.61 Å². The molecule has 2 aromatic carbocycles. The predicted molar refractivity (Wildman–Crippen MR) is 98.0 cm³/mol. The summed E-state index contributed by atoms with van der Waals surface area (Å²) in [6.45, 7) is 4.45. The Morgan fingerprint density at radius 1 is 0.923 bits per heavy atom. The second-order valence-electron chi connectivity index (χ2n) is 6.68. The molecule has 5 heteroatoms. The summed E-state index contributed by atoms with van der Waals surface area (Å²) in [7, 11) is 0. The molecule has 26 heavy (non-hydrogen) atoms. The van der Waals surface area contributed by atoms with Crippen molar-refractivity contribution in [3.8, 4) is 22.8 Å². The summed E-state index contributed by atoms with van der Waals surface area (Å²) in [5.41, 5.74) is 2.76. The lowest BCUT2D eigenvalue weighted by molar-refractivity contribution is 0.0812. The van der Waals surface area contributed by atoms with Gasteiger partial charge in [0.1, 0.15) is 5.56 Å². The monoisotopic (exact) mass is 346 g/mol. The number of fused-ring (bicyclic) bond motifs is 3. The number of rotatable bonds is 4. The molecule has 130 valence electrons. The molecule has 1 aliphatic carbocycles. The molecule has 0 amide bonds. The number of hydrogen-bond acceptors (Lipinski definition) is 4. The van der Waals surface area contributed by atoms with Crippen molar-refractivity contribution >= 4 is 11.6 Å². The van der Waals surface area contributed by atoms with E-state index in [1.165, 1.54) is 0 Å². The molecule has 3 aromatic rings. The van der Waals surface area contributed by atoms with Gasteiger partial charge in [-0.1, -0.05) is 56.3 Å². The number of aromatic nitrogens is 2. The number of ether oxygens (including phenoxy) is 1. The fourth-order valence-corrected chi connectivity index (χ4v) is 3.08. The van der Waals surface area contributed by atoms with Gasteiger partial charge in [0.2, 0.25) is 17.4 Å². The lowest BCUT2D eigenvalue weighted by Crippen LogP contribution is -2.22. The average Bonchev–Trinajstić information content (AvgIpc) is 3.05. The maximum atomic E-state index is 12.8. The number of para-hydroxylation sites is 1. The van der Waals surface area contributed by atoms with E-state index in [4.69, 9.17) is 4.74 Å². The van der Waals surface area contributed by atoms with E-state index in [1.54, 1.807) is 16.8 Å². The highest BCUT2D eigenvalue weighted by molar-refractivity contribution is 6.53. The first kappa shape index (κ1) is 16.3. The van der Waals surface area contributed by atoms with Crippen molar-refractivity contribution in [2.45, 2.75) is 13.8 Å². The van der Waals surface area contributed by atoms with E-state index in [2.05, 4.69) is 5.10 Å². The second kappa shape index (κ2) is 6.26. The first-order valence-electron chi connectivity index (χ1n) is 8.57. The molecule has 0 aliphatic heterocycles. The van der Waals surface area contributed by atoms with Gasteiger partial charge in [0, 0.05) is 11.1 Å². The van der Waals surface area contributed by atoms with Gasteiger partial charge in [0.25, 0.3) is 0 Å². The van der Waals surface area contributed by atoms with Crippen LogP contribution in [-0.2, 0) is 0 Å². The molecule has 0 N–H and O–H groups in total. The third-order valence-electron chi connectivity index (χ3n) is 4.27. The molecule has 0 unspecified atom stereocenters. The van der Waals surface area contributed by atoms with E-state index in [-0.39, 0.29) is 17.4 Å². The molecule has 0 bridgehead atoms. The first-order chi connectivity index (χ1) is 12.6. The van der Waals surface area contributed by atoms with Crippen molar-refractivity contribution in [3.63, 3.8) is 0 Å². The fraction of sp³-hybridized carbons (Fsp3) is 0.190. The molecule has 0 atom stereocenters. The van der Waals surface area contributed by atoms with Crippen LogP contribution in [0.4, 0.5) is 0 Å². The SMILES string of the molecule is CC(C)COc1nn(-c2ccccc2)c2c1C(=O)C(=O)c1ccccc1-2. The largest absolute Gasteiger partial charge is 0.476 e. The van der Waals surface area contributed by atoms with E-state index in [9.17, 15) is 9.59 Å². The Morgan fingerprint density at radius 2 is 1.58 bits per heavy atom. The molecule has 0 saturated carbocycles. The van der Waals surface area contributed by atoms with E-state index in [0.717, 1.165) is 5.69 Å². The van der Waals surface area contributed by atoms with Crippen molar-refractivity contribution < 1.29 is 14.3 Å². The van der Waals surface area contributed by atoms with Crippen LogP contribution < -0.4 is 4.74 Å². The fourth-order valence-electron chi connectivity index (χ4n) is 3.08. The van der Waals surface area contributed by atoms with Crippen molar-refractivity contribution in [1.29, 1.82) is 0 Å². The number of ketones is 2. The van der Waals surface area contributed by atoms with Crippen LogP contribution in [0.3, 0.4) is 0 Å². The Bertz CT molecular complexity index is 1000. The molecular formula is C21H18N2O3. The quantitative estimate of drug-likeness (QED) is 0.671. The molecule has 1 aromatic heterocycles. The third kappa shape index (κ3) is 2.52. The maximum absolute atomic E-state index is 12.8. The zero-order chi connectivity index (χ0) is 18.3. The Hall–Kier alpha value is -3.21. The normalized spacial score (nSPS) is 12.9. The summed E-state index contributed by atoms with van der Waals surface area (Å²) in [6, 6.07) is 16.7. The smallest absolute Gasteiger partial charge is 0.245 e. The number of hydrogen-bond donors (Lipinski definition) is 0. The standard InChI is InChI=1S/C21H18N2O3/c1-13(2)12-26-21-17-18(23(22-21)14-8-4-3-5-9-14)15-10-6-7-11-16(15)19(24)20(17)25/h3-11,13H,12H2,1-2H3. The molecule has 1 aliphatic rings. The highest BCUT2D eigenvalue weighted by atomic mass is 16.5. The molecular weight excluding hydrogens is 328 g/mol. The minimum atomic E-state index is -0.570. The van der Waals surface area contributed by atoms with Gasteiger partial charge in [-0.3, -0.25) is 9.59 Å². The summed E-state index contributed by atoms with van der Waals surface area (Å²) in [5, 5.41) is 4.54. The van der Waals surface area contributed by atoms with E-state index in [1.807, 2.05) is 56.3 Å². The number of nitrogens with zero attached hydrogens (tertiary/aromatic N) is 2. The van der Waals surface area contributed by atoms with Crippen LogP contribution in [0.5, 0.6) is 5.88 Å². The minimum absolute atomic E-state index is 0.213. The zero-order valence-corrected chi connectivity index (χ0v) is 14.6. The molecule has 5 nitrogen and oxygen atoms in total. The van der Waals surface area contributed by atoms with Crippen LogP contribution in [0.2, 0.25) is 0 Å². The Balaban J connectivity index is 1.99. The van der Waals surface area contributed by atoms with Gasteiger partial charge in [-0.05, 0) is 18.1 Å². The lowest BCUT2D eigenvalue weighted by Gasteiger charge is -2.16. The summed E-state index contributed by atoms with van der Waals surface area (Å²) < 4.78 is 7.49. The van der Waals surface area contributed by atoms with Crippen LogP contribution >= 0.6 is 0 Å². The second-order valence-corrected chi connectivity index (χ2v) is 6.68. The van der Waals surface area contributed by atoms with Crippen LogP contribution in [0, 0.1) is 5.92 Å².